The second kappa shape index (κ2) is 6.39. The molecule has 1 aromatic rings. The molecule has 0 aliphatic carbocycles. The van der Waals surface area contributed by atoms with Crippen molar-refractivity contribution in [3.63, 3.8) is 0 Å². The lowest BCUT2D eigenvalue weighted by Gasteiger charge is -2.18. The molecule has 1 aromatic carbocycles. The molecular formula is C14H19BrN2O2. The van der Waals surface area contributed by atoms with E-state index in [0.29, 0.717) is 17.2 Å². The molecule has 1 atom stereocenters. The van der Waals surface area contributed by atoms with Crippen molar-refractivity contribution in [3.8, 4) is 5.75 Å². The van der Waals surface area contributed by atoms with E-state index in [1.807, 2.05) is 30.1 Å². The Bertz CT molecular complexity index is 465. The number of methoxy groups -OCH3 is 1. The lowest BCUT2D eigenvalue weighted by Crippen LogP contribution is -2.30. The lowest BCUT2D eigenvalue weighted by molar-refractivity contribution is 0.0784. The molecule has 5 heteroatoms. The number of hydrogen-bond acceptors (Lipinski definition) is 3. The molecule has 0 bridgehead atoms. The highest BCUT2D eigenvalue weighted by Gasteiger charge is 2.27. The number of halogens is 1. The first-order valence-electron chi connectivity index (χ1n) is 6.43. The van der Waals surface area contributed by atoms with Gasteiger partial charge in [-0.1, -0.05) is 15.9 Å². The fraction of sp³-hybridized carbons (Fsp3) is 0.500. The third-order valence-corrected chi connectivity index (χ3v) is 3.95. The monoisotopic (exact) mass is 326 g/mol. The number of hydrogen-bond donors (Lipinski definition) is 1. The quantitative estimate of drug-likeness (QED) is 0.921. The average Bonchev–Trinajstić information content (AvgIpc) is 2.87. The fourth-order valence-electron chi connectivity index (χ4n) is 2.48. The van der Waals surface area contributed by atoms with Gasteiger partial charge in [-0.25, -0.2) is 0 Å². The van der Waals surface area contributed by atoms with Gasteiger partial charge in [0.2, 0.25) is 0 Å². The Balaban J connectivity index is 2.12. The van der Waals surface area contributed by atoms with Crippen molar-refractivity contribution in [3.05, 3.63) is 28.2 Å². The van der Waals surface area contributed by atoms with Gasteiger partial charge in [0.05, 0.1) is 12.7 Å². The standard InChI is InChI=1S/C14H19BrN2O2/c1-16-8-10-5-6-17(9-10)14(18)12-4-3-11(15)7-13(12)19-2/h3-4,7,10,16H,5-6,8-9H2,1-2H3/t10-/m0/s1. The number of nitrogens with one attached hydrogen (secondary N) is 1. The average molecular weight is 327 g/mol. The van der Waals surface area contributed by atoms with E-state index in [0.717, 1.165) is 30.5 Å². The number of carbonyl (C=O) groups is 1. The topological polar surface area (TPSA) is 41.6 Å². The van der Waals surface area contributed by atoms with Gasteiger partial charge in [0.1, 0.15) is 5.75 Å². The SMILES string of the molecule is CNC[C@@H]1CCN(C(=O)c2ccc(Br)cc2OC)C1. The first-order valence-corrected chi connectivity index (χ1v) is 7.22. The highest BCUT2D eigenvalue weighted by Crippen LogP contribution is 2.26. The molecule has 0 aromatic heterocycles. The molecule has 1 aliphatic heterocycles. The molecular weight excluding hydrogens is 308 g/mol. The minimum absolute atomic E-state index is 0.0583. The molecule has 0 unspecified atom stereocenters. The molecule has 2 rings (SSSR count). The zero-order valence-electron chi connectivity index (χ0n) is 11.3. The summed E-state index contributed by atoms with van der Waals surface area (Å²) in [6.07, 6.45) is 1.06. The molecule has 0 saturated carbocycles. The van der Waals surface area contributed by atoms with Gasteiger partial charge in [-0.2, -0.15) is 0 Å². The van der Waals surface area contributed by atoms with Gasteiger partial charge in [-0.3, -0.25) is 4.79 Å². The van der Waals surface area contributed by atoms with Crippen LogP contribution in [0.2, 0.25) is 0 Å². The van der Waals surface area contributed by atoms with Gasteiger partial charge in [0, 0.05) is 17.6 Å². The zero-order chi connectivity index (χ0) is 13.8. The van der Waals surface area contributed by atoms with Crippen LogP contribution in [-0.2, 0) is 0 Å². The summed E-state index contributed by atoms with van der Waals surface area (Å²) in [6, 6.07) is 5.52. The Hall–Kier alpha value is -1.07. The largest absolute Gasteiger partial charge is 0.496 e. The van der Waals surface area contributed by atoms with Crippen LogP contribution in [0.1, 0.15) is 16.8 Å². The number of carbonyl (C=O) groups excluding carboxylic acids is 1. The Morgan fingerprint density at radius 2 is 2.37 bits per heavy atom. The van der Waals surface area contributed by atoms with E-state index in [4.69, 9.17) is 4.74 Å². The summed E-state index contributed by atoms with van der Waals surface area (Å²) in [4.78, 5) is 14.4. The highest BCUT2D eigenvalue weighted by molar-refractivity contribution is 9.10. The maximum atomic E-state index is 12.5. The van der Waals surface area contributed by atoms with E-state index >= 15 is 0 Å². The Morgan fingerprint density at radius 1 is 1.58 bits per heavy atom. The molecule has 19 heavy (non-hydrogen) atoms. The Kier molecular flexibility index (Phi) is 4.82. The summed E-state index contributed by atoms with van der Waals surface area (Å²) in [6.45, 7) is 2.60. The number of nitrogens with zero attached hydrogens (tertiary/aromatic N) is 1. The zero-order valence-corrected chi connectivity index (χ0v) is 12.9. The second-order valence-electron chi connectivity index (χ2n) is 4.81. The summed E-state index contributed by atoms with van der Waals surface area (Å²) < 4.78 is 6.20. The minimum Gasteiger partial charge on any atom is -0.496 e. The molecule has 1 amide bonds. The molecule has 1 saturated heterocycles. The van der Waals surface area contributed by atoms with Crippen molar-refractivity contribution in [2.45, 2.75) is 6.42 Å². The summed E-state index contributed by atoms with van der Waals surface area (Å²) in [5, 5.41) is 3.17. The molecule has 0 radical (unpaired) electrons. The Labute approximate surface area is 122 Å². The molecule has 1 heterocycles. The van der Waals surface area contributed by atoms with Gasteiger partial charge in [0.25, 0.3) is 5.91 Å². The summed E-state index contributed by atoms with van der Waals surface area (Å²) in [7, 11) is 3.54. The smallest absolute Gasteiger partial charge is 0.257 e. The third kappa shape index (κ3) is 3.28. The van der Waals surface area contributed by atoms with Crippen molar-refractivity contribution in [1.82, 2.24) is 10.2 Å². The number of benzene rings is 1. The van der Waals surface area contributed by atoms with Gasteiger partial charge >= 0.3 is 0 Å². The van der Waals surface area contributed by atoms with Crippen LogP contribution in [0.4, 0.5) is 0 Å². The van der Waals surface area contributed by atoms with Crippen molar-refractivity contribution < 1.29 is 9.53 Å². The third-order valence-electron chi connectivity index (χ3n) is 3.46. The van der Waals surface area contributed by atoms with Gasteiger partial charge < -0.3 is 15.0 Å². The maximum Gasteiger partial charge on any atom is 0.257 e. The minimum atomic E-state index is 0.0583. The molecule has 104 valence electrons. The Morgan fingerprint density at radius 3 is 3.05 bits per heavy atom. The van der Waals surface area contributed by atoms with E-state index in [1.165, 1.54) is 0 Å². The van der Waals surface area contributed by atoms with Crippen LogP contribution in [0, 0.1) is 5.92 Å². The van der Waals surface area contributed by atoms with Crippen LogP contribution in [0.3, 0.4) is 0 Å². The first-order chi connectivity index (χ1) is 9.15. The van der Waals surface area contributed by atoms with Crippen molar-refractivity contribution in [2.75, 3.05) is 33.8 Å². The van der Waals surface area contributed by atoms with Crippen molar-refractivity contribution in [1.29, 1.82) is 0 Å². The predicted octanol–water partition coefficient (Wildman–Crippen LogP) is 2.14. The highest BCUT2D eigenvalue weighted by atomic mass is 79.9. The molecule has 0 spiro atoms. The van der Waals surface area contributed by atoms with Crippen LogP contribution < -0.4 is 10.1 Å². The van der Waals surface area contributed by atoms with Crippen LogP contribution >= 0.6 is 15.9 Å². The fourth-order valence-corrected chi connectivity index (χ4v) is 2.82. The number of rotatable bonds is 4. The van der Waals surface area contributed by atoms with Crippen molar-refractivity contribution >= 4 is 21.8 Å². The second-order valence-corrected chi connectivity index (χ2v) is 5.72. The van der Waals surface area contributed by atoms with E-state index in [9.17, 15) is 4.79 Å². The number of ether oxygens (including phenoxy) is 1. The number of amides is 1. The first kappa shape index (κ1) is 14.3. The maximum absolute atomic E-state index is 12.5. The van der Waals surface area contributed by atoms with E-state index in [2.05, 4.69) is 21.2 Å². The van der Waals surface area contributed by atoms with Crippen molar-refractivity contribution in [2.24, 2.45) is 5.92 Å². The molecule has 1 N–H and O–H groups in total. The van der Waals surface area contributed by atoms with Crippen LogP contribution in [0.5, 0.6) is 5.75 Å². The lowest BCUT2D eigenvalue weighted by atomic mass is 10.1. The predicted molar refractivity (Wildman–Crippen MR) is 78.6 cm³/mol. The summed E-state index contributed by atoms with van der Waals surface area (Å²) in [5.41, 5.74) is 0.635. The normalized spacial score (nSPS) is 18.7. The van der Waals surface area contributed by atoms with E-state index in [-0.39, 0.29) is 5.91 Å². The van der Waals surface area contributed by atoms with Gasteiger partial charge in [-0.15, -0.1) is 0 Å². The molecule has 1 fully saturated rings. The molecule has 4 nitrogen and oxygen atoms in total. The van der Waals surface area contributed by atoms with Gasteiger partial charge in [-0.05, 0) is 44.1 Å². The molecule has 1 aliphatic rings. The van der Waals surface area contributed by atoms with E-state index < -0.39 is 0 Å². The van der Waals surface area contributed by atoms with Crippen LogP contribution in [0.15, 0.2) is 22.7 Å². The van der Waals surface area contributed by atoms with E-state index in [1.54, 1.807) is 7.11 Å². The number of likely N-dealkylation sites (tertiary alicyclic amines) is 1. The van der Waals surface area contributed by atoms with Crippen LogP contribution in [-0.4, -0.2) is 44.6 Å². The van der Waals surface area contributed by atoms with Gasteiger partial charge in [0.15, 0.2) is 0 Å². The summed E-state index contributed by atoms with van der Waals surface area (Å²) >= 11 is 3.39. The van der Waals surface area contributed by atoms with Crippen LogP contribution in [0.25, 0.3) is 0 Å². The summed E-state index contributed by atoms with van der Waals surface area (Å²) in [5.74, 6) is 1.23.